The maximum Gasteiger partial charge on any atom is 0.329 e. The quantitative estimate of drug-likeness (QED) is 0.917. The zero-order chi connectivity index (χ0) is 14.0. The molecule has 0 amide bonds. The van der Waals surface area contributed by atoms with Crippen molar-refractivity contribution >= 4 is 32.9 Å². The molecule has 0 saturated heterocycles. The smallest absolute Gasteiger partial charge is 0.329 e. The summed E-state index contributed by atoms with van der Waals surface area (Å²) in [6, 6.07) is 6.13. The highest BCUT2D eigenvalue weighted by Gasteiger charge is 2.13. The van der Waals surface area contributed by atoms with Crippen LogP contribution in [0.15, 0.2) is 22.7 Å². The second-order valence-corrected chi connectivity index (χ2v) is 5.43. The van der Waals surface area contributed by atoms with Crippen LogP contribution in [-0.4, -0.2) is 27.2 Å². The van der Waals surface area contributed by atoms with Crippen LogP contribution in [0.5, 0.6) is 0 Å². The van der Waals surface area contributed by atoms with Crippen LogP contribution < -0.4 is 0 Å². The average molecular weight is 327 g/mol. The van der Waals surface area contributed by atoms with Crippen LogP contribution in [-0.2, 0) is 16.1 Å². The van der Waals surface area contributed by atoms with Gasteiger partial charge in [-0.3, -0.25) is 0 Å². The van der Waals surface area contributed by atoms with Gasteiger partial charge in [0.25, 0.3) is 0 Å². The van der Waals surface area contributed by atoms with E-state index in [1.165, 1.54) is 0 Å². The molecule has 1 aromatic carbocycles. The maximum absolute atomic E-state index is 10.5. The lowest BCUT2D eigenvalue weighted by atomic mass is 10.3. The molecule has 19 heavy (non-hydrogen) atoms. The lowest BCUT2D eigenvalue weighted by Gasteiger charge is -2.12. The molecule has 1 aromatic heterocycles. The molecule has 0 radical (unpaired) electrons. The summed E-state index contributed by atoms with van der Waals surface area (Å²) in [6.07, 6.45) is 0. The van der Waals surface area contributed by atoms with Crippen LogP contribution in [0.4, 0.5) is 0 Å². The summed E-state index contributed by atoms with van der Waals surface area (Å²) in [5, 5.41) is 8.59. The molecule has 1 N–H and O–H groups in total. The lowest BCUT2D eigenvalue weighted by molar-refractivity contribution is -0.142. The van der Waals surface area contributed by atoms with Gasteiger partial charge in [0.15, 0.2) is 0 Å². The molecule has 0 aliphatic carbocycles. The summed E-state index contributed by atoms with van der Waals surface area (Å²) in [5.41, 5.74) is 1.89. The third-order valence-electron chi connectivity index (χ3n) is 2.70. The number of hydrogen-bond donors (Lipinski definition) is 1. The summed E-state index contributed by atoms with van der Waals surface area (Å²) in [7, 11) is 0. The van der Waals surface area contributed by atoms with E-state index < -0.39 is 5.97 Å². The molecular weight excluding hydrogens is 312 g/mol. The Morgan fingerprint density at radius 2 is 2.26 bits per heavy atom. The summed E-state index contributed by atoms with van der Waals surface area (Å²) < 4.78 is 8.16. The first-order valence-electron chi connectivity index (χ1n) is 5.95. The van der Waals surface area contributed by atoms with Crippen LogP contribution in [0.25, 0.3) is 11.0 Å². The number of aliphatic carboxylic acids is 1. The van der Waals surface area contributed by atoms with E-state index in [4.69, 9.17) is 9.84 Å². The lowest BCUT2D eigenvalue weighted by Crippen LogP contribution is -2.11. The van der Waals surface area contributed by atoms with E-state index in [2.05, 4.69) is 39.3 Å². The van der Waals surface area contributed by atoms with Crippen LogP contribution in [0, 0.1) is 0 Å². The van der Waals surface area contributed by atoms with Crippen molar-refractivity contribution in [3.8, 4) is 0 Å². The van der Waals surface area contributed by atoms with E-state index in [1.807, 2.05) is 18.2 Å². The first-order valence-corrected chi connectivity index (χ1v) is 6.74. The fourth-order valence-electron chi connectivity index (χ4n) is 2.03. The summed E-state index contributed by atoms with van der Waals surface area (Å²) >= 11 is 3.42. The highest BCUT2D eigenvalue weighted by atomic mass is 79.9. The van der Waals surface area contributed by atoms with Crippen molar-refractivity contribution in [2.75, 3.05) is 6.61 Å². The third kappa shape index (κ3) is 3.13. The number of ether oxygens (including phenoxy) is 1. The molecule has 0 bridgehead atoms. The molecule has 0 saturated carbocycles. The van der Waals surface area contributed by atoms with Gasteiger partial charge in [-0.1, -0.05) is 15.9 Å². The molecule has 0 unspecified atom stereocenters. The standard InChI is InChI=1S/C13H15BrN2O3/c1-8(2)16-11-4-3-9(14)5-10(11)15-12(16)6-19-7-13(17)18/h3-5,8H,6-7H2,1-2H3,(H,17,18). The Labute approximate surface area is 119 Å². The zero-order valence-corrected chi connectivity index (χ0v) is 12.3. The van der Waals surface area contributed by atoms with Crippen molar-refractivity contribution in [3.63, 3.8) is 0 Å². The number of imidazole rings is 1. The Bertz CT molecular complexity index is 607. The topological polar surface area (TPSA) is 64.3 Å². The molecule has 2 rings (SSSR count). The van der Waals surface area contributed by atoms with E-state index in [0.717, 1.165) is 21.3 Å². The summed E-state index contributed by atoms with van der Waals surface area (Å²) in [4.78, 5) is 15.0. The predicted octanol–water partition coefficient (Wildman–Crippen LogP) is 2.98. The highest BCUT2D eigenvalue weighted by molar-refractivity contribution is 9.10. The second-order valence-electron chi connectivity index (χ2n) is 4.51. The summed E-state index contributed by atoms with van der Waals surface area (Å²) in [6.45, 7) is 4.00. The van der Waals surface area contributed by atoms with Gasteiger partial charge in [0.2, 0.25) is 0 Å². The van der Waals surface area contributed by atoms with Crippen molar-refractivity contribution in [3.05, 3.63) is 28.5 Å². The minimum atomic E-state index is -0.977. The van der Waals surface area contributed by atoms with E-state index >= 15 is 0 Å². The molecule has 5 nitrogen and oxygen atoms in total. The van der Waals surface area contributed by atoms with E-state index in [-0.39, 0.29) is 19.3 Å². The third-order valence-corrected chi connectivity index (χ3v) is 3.19. The molecular formula is C13H15BrN2O3. The van der Waals surface area contributed by atoms with Gasteiger partial charge in [-0.2, -0.15) is 0 Å². The SMILES string of the molecule is CC(C)n1c(COCC(=O)O)nc2cc(Br)ccc21. The van der Waals surface area contributed by atoms with Crippen LogP contribution >= 0.6 is 15.9 Å². The van der Waals surface area contributed by atoms with Gasteiger partial charge in [-0.15, -0.1) is 0 Å². The molecule has 0 fully saturated rings. The number of benzene rings is 1. The van der Waals surface area contributed by atoms with E-state index in [1.54, 1.807) is 0 Å². The molecule has 0 aliphatic rings. The van der Waals surface area contributed by atoms with Gasteiger partial charge in [-0.05, 0) is 32.0 Å². The van der Waals surface area contributed by atoms with Crippen molar-refractivity contribution in [1.29, 1.82) is 0 Å². The van der Waals surface area contributed by atoms with Crippen molar-refractivity contribution in [2.24, 2.45) is 0 Å². The number of carboxylic acid groups (broad SMARTS) is 1. The highest BCUT2D eigenvalue weighted by Crippen LogP contribution is 2.24. The minimum Gasteiger partial charge on any atom is -0.480 e. The van der Waals surface area contributed by atoms with Gasteiger partial charge in [0.1, 0.15) is 19.0 Å². The molecule has 102 valence electrons. The minimum absolute atomic E-state index is 0.191. The van der Waals surface area contributed by atoms with Gasteiger partial charge in [-0.25, -0.2) is 9.78 Å². The number of halogens is 1. The van der Waals surface area contributed by atoms with Crippen LogP contribution in [0.2, 0.25) is 0 Å². The average Bonchev–Trinajstić information content (AvgIpc) is 2.65. The number of carbonyl (C=O) groups is 1. The molecule has 6 heteroatoms. The Morgan fingerprint density at radius 1 is 1.53 bits per heavy atom. The molecule has 2 aromatic rings. The number of rotatable bonds is 5. The number of hydrogen-bond acceptors (Lipinski definition) is 3. The Balaban J connectivity index is 2.36. The van der Waals surface area contributed by atoms with Crippen LogP contribution in [0.1, 0.15) is 25.7 Å². The van der Waals surface area contributed by atoms with Crippen molar-refractivity contribution in [2.45, 2.75) is 26.5 Å². The van der Waals surface area contributed by atoms with Crippen molar-refractivity contribution in [1.82, 2.24) is 9.55 Å². The first-order chi connectivity index (χ1) is 8.99. The Hall–Kier alpha value is -1.40. The second kappa shape index (κ2) is 5.71. The Morgan fingerprint density at radius 3 is 2.89 bits per heavy atom. The number of aromatic nitrogens is 2. The van der Waals surface area contributed by atoms with Gasteiger partial charge in [0, 0.05) is 10.5 Å². The van der Waals surface area contributed by atoms with Gasteiger partial charge < -0.3 is 14.4 Å². The molecule has 0 spiro atoms. The fourth-order valence-corrected chi connectivity index (χ4v) is 2.38. The Kier molecular flexibility index (Phi) is 4.21. The fraction of sp³-hybridized carbons (Fsp3) is 0.385. The predicted molar refractivity (Wildman–Crippen MR) is 75.1 cm³/mol. The van der Waals surface area contributed by atoms with E-state index in [9.17, 15) is 4.79 Å². The molecule has 0 aliphatic heterocycles. The first kappa shape index (κ1) is 14.0. The maximum atomic E-state index is 10.5. The number of carboxylic acids is 1. The van der Waals surface area contributed by atoms with E-state index in [0.29, 0.717) is 0 Å². The normalized spacial score (nSPS) is 11.4. The zero-order valence-electron chi connectivity index (χ0n) is 10.8. The monoisotopic (exact) mass is 326 g/mol. The largest absolute Gasteiger partial charge is 0.480 e. The van der Waals surface area contributed by atoms with Crippen LogP contribution in [0.3, 0.4) is 0 Å². The molecule has 1 heterocycles. The molecule has 0 atom stereocenters. The number of fused-ring (bicyclic) bond motifs is 1. The van der Waals surface area contributed by atoms with Gasteiger partial charge in [0.05, 0.1) is 11.0 Å². The summed E-state index contributed by atoms with van der Waals surface area (Å²) in [5.74, 6) is -0.237. The number of nitrogens with zero attached hydrogens (tertiary/aromatic N) is 2. The van der Waals surface area contributed by atoms with Crippen molar-refractivity contribution < 1.29 is 14.6 Å². The van der Waals surface area contributed by atoms with Gasteiger partial charge >= 0.3 is 5.97 Å².